The van der Waals surface area contributed by atoms with Crippen LogP contribution in [0.1, 0.15) is 58.3 Å². The maximum Gasteiger partial charge on any atom is 0.288 e. The minimum absolute atomic E-state index is 0.527. The summed E-state index contributed by atoms with van der Waals surface area (Å²) in [6.07, 6.45) is 13.5. The van der Waals surface area contributed by atoms with Crippen LogP contribution in [0, 0.1) is 0 Å². The minimum atomic E-state index is -2.41. The lowest BCUT2D eigenvalue weighted by Gasteiger charge is -2.07. The number of aromatic nitrogens is 2. The Morgan fingerprint density at radius 2 is 1.48 bits per heavy atom. The lowest BCUT2D eigenvalue weighted by molar-refractivity contribution is 0.252. The van der Waals surface area contributed by atoms with Gasteiger partial charge in [-0.3, -0.25) is 0 Å². The van der Waals surface area contributed by atoms with E-state index in [9.17, 15) is 8.78 Å². The number of hydrogen-bond acceptors (Lipinski definition) is 4. The van der Waals surface area contributed by atoms with E-state index in [4.69, 9.17) is 4.74 Å². The van der Waals surface area contributed by atoms with Crippen LogP contribution in [0.3, 0.4) is 0 Å². The fraction of sp³-hybridized carbons (Fsp3) is 0.524. The van der Waals surface area contributed by atoms with Crippen LogP contribution in [-0.2, 0) is 0 Å². The summed E-state index contributed by atoms with van der Waals surface area (Å²) < 4.78 is 30.4. The number of nitrogens with zero attached hydrogens (tertiary/aromatic N) is 2. The van der Waals surface area contributed by atoms with Crippen LogP contribution >= 0.6 is 11.8 Å². The average Bonchev–Trinajstić information content (AvgIpc) is 2.67. The molecule has 0 unspecified atom stereocenters. The molecule has 2 rings (SSSR count). The fourth-order valence-electron chi connectivity index (χ4n) is 2.75. The first-order valence-electron chi connectivity index (χ1n) is 9.69. The third kappa shape index (κ3) is 8.69. The summed E-state index contributed by atoms with van der Waals surface area (Å²) >= 11 is 0.530. The van der Waals surface area contributed by atoms with Crippen molar-refractivity contribution >= 4 is 11.8 Å². The van der Waals surface area contributed by atoms with Gasteiger partial charge in [0.1, 0.15) is 0 Å². The molecule has 0 aliphatic heterocycles. The van der Waals surface area contributed by atoms with Gasteiger partial charge in [-0.2, -0.15) is 8.78 Å². The highest BCUT2D eigenvalue weighted by Gasteiger charge is 2.07. The summed E-state index contributed by atoms with van der Waals surface area (Å²) in [4.78, 5) is 9.14. The van der Waals surface area contributed by atoms with E-state index < -0.39 is 5.76 Å². The van der Waals surface area contributed by atoms with E-state index in [-0.39, 0.29) is 0 Å². The highest BCUT2D eigenvalue weighted by atomic mass is 32.2. The normalized spacial score (nSPS) is 11.1. The fourth-order valence-corrected chi connectivity index (χ4v) is 3.25. The van der Waals surface area contributed by atoms with Crippen LogP contribution in [0.2, 0.25) is 0 Å². The molecule has 0 N–H and O–H groups in total. The van der Waals surface area contributed by atoms with Gasteiger partial charge in [-0.15, -0.1) is 0 Å². The molecule has 0 atom stereocenters. The molecule has 0 amide bonds. The van der Waals surface area contributed by atoms with E-state index in [1.54, 1.807) is 36.7 Å². The van der Waals surface area contributed by atoms with Crippen molar-refractivity contribution in [1.29, 1.82) is 0 Å². The number of thioether (sulfide) groups is 1. The van der Waals surface area contributed by atoms with Gasteiger partial charge >= 0.3 is 0 Å². The smallest absolute Gasteiger partial charge is 0.288 e. The molecule has 2 aromatic rings. The SMILES string of the molecule is CCCCCCCCCCOc1cnc(-c2ccc(SC(F)F)cc2)nc1. The Labute approximate surface area is 165 Å². The zero-order chi connectivity index (χ0) is 19.3. The molecule has 148 valence electrons. The van der Waals surface area contributed by atoms with Crippen molar-refractivity contribution in [2.45, 2.75) is 68.9 Å². The molecular weight excluding hydrogens is 366 g/mol. The molecule has 0 bridgehead atoms. The Hall–Kier alpha value is -1.69. The quantitative estimate of drug-likeness (QED) is 0.271. The second kappa shape index (κ2) is 12.7. The first kappa shape index (κ1) is 21.6. The van der Waals surface area contributed by atoms with Crippen LogP contribution in [0.15, 0.2) is 41.6 Å². The van der Waals surface area contributed by atoms with Crippen LogP contribution in [0.25, 0.3) is 11.4 Å². The van der Waals surface area contributed by atoms with Crippen LogP contribution in [-0.4, -0.2) is 22.3 Å². The van der Waals surface area contributed by atoms with E-state index >= 15 is 0 Å². The Morgan fingerprint density at radius 1 is 0.889 bits per heavy atom. The predicted octanol–water partition coefficient (Wildman–Crippen LogP) is 6.98. The Balaban J connectivity index is 1.67. The monoisotopic (exact) mass is 394 g/mol. The van der Waals surface area contributed by atoms with Crippen LogP contribution < -0.4 is 4.74 Å². The number of unbranched alkanes of at least 4 members (excludes halogenated alkanes) is 7. The maximum atomic E-state index is 12.3. The zero-order valence-corrected chi connectivity index (χ0v) is 16.7. The molecule has 6 heteroatoms. The Morgan fingerprint density at radius 3 is 2.07 bits per heavy atom. The van der Waals surface area contributed by atoms with Crippen molar-refractivity contribution in [1.82, 2.24) is 9.97 Å². The summed E-state index contributed by atoms with van der Waals surface area (Å²) in [6.45, 7) is 2.91. The lowest BCUT2D eigenvalue weighted by Crippen LogP contribution is -1.99. The third-order valence-electron chi connectivity index (χ3n) is 4.23. The molecule has 0 fully saturated rings. The summed E-state index contributed by atoms with van der Waals surface area (Å²) in [6, 6.07) is 6.81. The predicted molar refractivity (Wildman–Crippen MR) is 107 cm³/mol. The van der Waals surface area contributed by atoms with Gasteiger partial charge in [0, 0.05) is 10.5 Å². The van der Waals surface area contributed by atoms with Gasteiger partial charge in [0.15, 0.2) is 11.6 Å². The maximum absolute atomic E-state index is 12.3. The van der Waals surface area contributed by atoms with E-state index in [0.29, 0.717) is 34.8 Å². The average molecular weight is 395 g/mol. The standard InChI is InChI=1S/C21H28F2N2OS/c1-2-3-4-5-6-7-8-9-14-26-18-15-24-20(25-16-18)17-10-12-19(13-11-17)27-21(22)23/h10-13,15-16,21H,2-9,14H2,1H3. The molecule has 3 nitrogen and oxygen atoms in total. The van der Waals surface area contributed by atoms with Gasteiger partial charge in [0.2, 0.25) is 0 Å². The molecule has 0 radical (unpaired) electrons. The van der Waals surface area contributed by atoms with Crippen LogP contribution in [0.5, 0.6) is 5.75 Å². The van der Waals surface area contributed by atoms with Gasteiger partial charge in [0.25, 0.3) is 5.76 Å². The van der Waals surface area contributed by atoms with Gasteiger partial charge in [-0.05, 0) is 18.6 Å². The second-order valence-corrected chi connectivity index (χ2v) is 7.53. The lowest BCUT2D eigenvalue weighted by atomic mass is 10.1. The van der Waals surface area contributed by atoms with E-state index in [2.05, 4.69) is 16.9 Å². The molecule has 0 saturated carbocycles. The van der Waals surface area contributed by atoms with Gasteiger partial charge in [-0.1, -0.05) is 75.8 Å². The van der Waals surface area contributed by atoms with Crippen molar-refractivity contribution < 1.29 is 13.5 Å². The molecule has 1 aromatic heterocycles. The Kier molecular flexibility index (Phi) is 10.1. The molecule has 0 spiro atoms. The summed E-state index contributed by atoms with van der Waals surface area (Å²) in [5, 5.41) is 0. The minimum Gasteiger partial charge on any atom is -0.490 e. The molecule has 0 aliphatic carbocycles. The second-order valence-electron chi connectivity index (χ2n) is 6.47. The van der Waals surface area contributed by atoms with Crippen molar-refractivity contribution in [2.24, 2.45) is 0 Å². The number of rotatable bonds is 13. The number of alkyl halides is 2. The molecule has 27 heavy (non-hydrogen) atoms. The topological polar surface area (TPSA) is 35.0 Å². The molecule has 0 saturated heterocycles. The summed E-state index contributed by atoms with van der Waals surface area (Å²) in [5.41, 5.74) is 0.795. The van der Waals surface area contributed by atoms with E-state index in [1.807, 2.05) is 0 Å². The number of hydrogen-bond donors (Lipinski definition) is 0. The molecule has 0 aliphatic rings. The number of halogens is 2. The van der Waals surface area contributed by atoms with E-state index in [0.717, 1.165) is 12.0 Å². The van der Waals surface area contributed by atoms with Crippen molar-refractivity contribution in [3.05, 3.63) is 36.7 Å². The van der Waals surface area contributed by atoms with Gasteiger partial charge in [-0.25, -0.2) is 9.97 Å². The van der Waals surface area contributed by atoms with Gasteiger partial charge in [0.05, 0.1) is 19.0 Å². The first-order chi connectivity index (χ1) is 13.2. The van der Waals surface area contributed by atoms with Gasteiger partial charge < -0.3 is 4.74 Å². The molecule has 1 aromatic carbocycles. The number of ether oxygens (including phenoxy) is 1. The number of benzene rings is 1. The largest absolute Gasteiger partial charge is 0.490 e. The van der Waals surface area contributed by atoms with Crippen molar-refractivity contribution in [3.63, 3.8) is 0 Å². The highest BCUT2D eigenvalue weighted by Crippen LogP contribution is 2.27. The van der Waals surface area contributed by atoms with Crippen molar-refractivity contribution in [3.8, 4) is 17.1 Å². The van der Waals surface area contributed by atoms with Crippen LogP contribution in [0.4, 0.5) is 8.78 Å². The molecular formula is C21H28F2N2OS. The third-order valence-corrected chi connectivity index (χ3v) is 4.95. The Bertz CT molecular complexity index is 636. The highest BCUT2D eigenvalue weighted by molar-refractivity contribution is 7.99. The van der Waals surface area contributed by atoms with E-state index in [1.165, 1.54) is 44.9 Å². The summed E-state index contributed by atoms with van der Waals surface area (Å²) in [7, 11) is 0. The van der Waals surface area contributed by atoms with Crippen molar-refractivity contribution in [2.75, 3.05) is 6.61 Å². The summed E-state index contributed by atoms with van der Waals surface area (Å²) in [5.74, 6) is -1.20. The zero-order valence-electron chi connectivity index (χ0n) is 15.9. The molecule has 1 heterocycles. The first-order valence-corrected chi connectivity index (χ1v) is 10.6.